The highest BCUT2D eigenvalue weighted by Crippen LogP contribution is 2.32. The number of aromatic nitrogens is 3. The lowest BCUT2D eigenvalue weighted by molar-refractivity contribution is 0.240. The first-order valence-electron chi connectivity index (χ1n) is 9.95. The third-order valence-electron chi connectivity index (χ3n) is 4.67. The molecule has 0 saturated carbocycles. The lowest BCUT2D eigenvalue weighted by Crippen LogP contribution is -2.31. The highest BCUT2D eigenvalue weighted by Gasteiger charge is 2.15. The fraction of sp³-hybridized carbons (Fsp3) is 0.208. The van der Waals surface area contributed by atoms with Crippen LogP contribution in [0.3, 0.4) is 0 Å². The number of hydrogen-bond donors (Lipinski definition) is 2. The van der Waals surface area contributed by atoms with E-state index < -0.39 is 0 Å². The van der Waals surface area contributed by atoms with Gasteiger partial charge in [-0.1, -0.05) is 42.2 Å². The Hall–Kier alpha value is -3.31. The van der Waals surface area contributed by atoms with E-state index in [9.17, 15) is 0 Å². The van der Waals surface area contributed by atoms with Gasteiger partial charge in [-0.3, -0.25) is 4.98 Å². The van der Waals surface area contributed by atoms with Crippen LogP contribution in [0.15, 0.2) is 60.2 Å². The Balaban J connectivity index is 1.64. The van der Waals surface area contributed by atoms with Crippen molar-refractivity contribution in [3.05, 3.63) is 71.4 Å². The molecule has 3 heterocycles. The molecule has 1 unspecified atom stereocenters. The smallest absolute Gasteiger partial charge is 0.162 e. The fourth-order valence-corrected chi connectivity index (χ4v) is 4.08. The summed E-state index contributed by atoms with van der Waals surface area (Å²) in [6.07, 6.45) is 4.26. The number of ether oxygens (including phenoxy) is 1. The van der Waals surface area contributed by atoms with Gasteiger partial charge in [0.15, 0.2) is 5.82 Å². The lowest BCUT2D eigenvalue weighted by atomic mass is 10.1. The zero-order valence-corrected chi connectivity index (χ0v) is 18.0. The first-order chi connectivity index (χ1) is 15.2. The van der Waals surface area contributed by atoms with Crippen molar-refractivity contribution in [1.82, 2.24) is 15.0 Å². The van der Waals surface area contributed by atoms with Gasteiger partial charge in [0.05, 0.1) is 10.3 Å². The lowest BCUT2D eigenvalue weighted by Gasteiger charge is -2.14. The Morgan fingerprint density at radius 2 is 1.94 bits per heavy atom. The second-order valence-corrected chi connectivity index (χ2v) is 7.90. The summed E-state index contributed by atoms with van der Waals surface area (Å²) in [6, 6.07) is 14.0. The summed E-state index contributed by atoms with van der Waals surface area (Å²) >= 11 is 1.57. The van der Waals surface area contributed by atoms with Gasteiger partial charge in [-0.2, -0.15) is 0 Å². The quantitative estimate of drug-likeness (QED) is 0.436. The van der Waals surface area contributed by atoms with Gasteiger partial charge >= 0.3 is 0 Å². The van der Waals surface area contributed by atoms with Crippen LogP contribution in [-0.2, 0) is 11.2 Å². The highest BCUT2D eigenvalue weighted by atomic mass is 32.1. The number of pyridine rings is 1. The molecule has 0 fully saturated rings. The molecule has 3 N–H and O–H groups in total. The molecule has 4 aromatic rings. The van der Waals surface area contributed by atoms with Crippen molar-refractivity contribution >= 4 is 27.4 Å². The molecule has 6 nitrogen and oxygen atoms in total. The molecule has 156 valence electrons. The number of nitrogens with zero attached hydrogens (tertiary/aromatic N) is 3. The van der Waals surface area contributed by atoms with Crippen molar-refractivity contribution in [1.29, 1.82) is 0 Å². The van der Waals surface area contributed by atoms with E-state index >= 15 is 0 Å². The minimum absolute atomic E-state index is 0.0438. The molecule has 0 aliphatic heterocycles. The topological polar surface area (TPSA) is 86.0 Å². The molecule has 31 heavy (non-hydrogen) atoms. The monoisotopic (exact) mass is 429 g/mol. The summed E-state index contributed by atoms with van der Waals surface area (Å²) in [4.78, 5) is 13.7. The summed E-state index contributed by atoms with van der Waals surface area (Å²) in [6.45, 7) is 0.971. The predicted molar refractivity (Wildman–Crippen MR) is 126 cm³/mol. The van der Waals surface area contributed by atoms with E-state index in [0.717, 1.165) is 33.6 Å². The van der Waals surface area contributed by atoms with E-state index in [0.29, 0.717) is 19.0 Å². The molecule has 0 saturated heterocycles. The van der Waals surface area contributed by atoms with Crippen molar-refractivity contribution in [2.24, 2.45) is 5.73 Å². The van der Waals surface area contributed by atoms with E-state index in [1.165, 1.54) is 5.56 Å². The van der Waals surface area contributed by atoms with Crippen LogP contribution < -0.4 is 11.1 Å². The van der Waals surface area contributed by atoms with Crippen LogP contribution in [0.1, 0.15) is 11.1 Å². The van der Waals surface area contributed by atoms with E-state index in [1.54, 1.807) is 30.8 Å². The number of anilines is 1. The second kappa shape index (κ2) is 10.1. The van der Waals surface area contributed by atoms with Gasteiger partial charge in [0.1, 0.15) is 17.9 Å². The zero-order valence-electron chi connectivity index (χ0n) is 17.2. The summed E-state index contributed by atoms with van der Waals surface area (Å²) in [7, 11) is 1.63. The average Bonchev–Trinajstić information content (AvgIpc) is 3.22. The highest BCUT2D eigenvalue weighted by molar-refractivity contribution is 7.18. The van der Waals surface area contributed by atoms with Gasteiger partial charge in [0, 0.05) is 43.0 Å². The number of methoxy groups -OCH3 is 1. The van der Waals surface area contributed by atoms with Crippen molar-refractivity contribution in [2.75, 3.05) is 25.6 Å². The van der Waals surface area contributed by atoms with Gasteiger partial charge in [-0.25, -0.2) is 9.97 Å². The molecule has 0 bridgehead atoms. The molecular weight excluding hydrogens is 406 g/mol. The van der Waals surface area contributed by atoms with E-state index in [1.807, 2.05) is 35.7 Å². The number of nitrogens with two attached hydrogens (primary N) is 1. The minimum Gasteiger partial charge on any atom is -0.372 e. The SMILES string of the molecule is COCC#Cc1csc2c(NCC(N)Cc3ccccc3)nc(-c3ccncc3)nc12. The molecule has 0 radical (unpaired) electrons. The summed E-state index contributed by atoms with van der Waals surface area (Å²) < 4.78 is 6.01. The van der Waals surface area contributed by atoms with Crippen LogP contribution in [0, 0.1) is 11.8 Å². The number of thiophene rings is 1. The van der Waals surface area contributed by atoms with Crippen molar-refractivity contribution in [3.63, 3.8) is 0 Å². The maximum Gasteiger partial charge on any atom is 0.162 e. The molecule has 3 aromatic heterocycles. The number of rotatable bonds is 7. The Morgan fingerprint density at radius 1 is 1.13 bits per heavy atom. The van der Waals surface area contributed by atoms with Crippen molar-refractivity contribution in [2.45, 2.75) is 12.5 Å². The molecule has 4 rings (SSSR count). The normalized spacial score (nSPS) is 11.7. The second-order valence-electron chi connectivity index (χ2n) is 7.02. The van der Waals surface area contributed by atoms with Gasteiger partial charge in [0.2, 0.25) is 0 Å². The standard InChI is InChI=1S/C24H23N5OS/c1-30-13-5-8-19-16-31-22-21(19)28-23(18-9-11-26-12-10-18)29-24(22)27-15-20(25)14-17-6-3-2-4-7-17/h2-4,6-7,9-12,16,20H,13-15,25H2,1H3,(H,27,28,29). The van der Waals surface area contributed by atoms with Crippen LogP contribution >= 0.6 is 11.3 Å². The first kappa shape index (κ1) is 20.9. The summed E-state index contributed by atoms with van der Waals surface area (Å²) in [5.74, 6) is 7.56. The fourth-order valence-electron chi connectivity index (χ4n) is 3.18. The summed E-state index contributed by atoms with van der Waals surface area (Å²) in [5, 5.41) is 5.45. The number of hydrogen-bond acceptors (Lipinski definition) is 7. The molecule has 7 heteroatoms. The number of benzene rings is 1. The van der Waals surface area contributed by atoms with Gasteiger partial charge in [-0.05, 0) is 24.1 Å². The number of fused-ring (bicyclic) bond motifs is 1. The molecule has 1 atom stereocenters. The predicted octanol–water partition coefficient (Wildman–Crippen LogP) is 3.73. The molecule has 0 aliphatic rings. The van der Waals surface area contributed by atoms with Crippen LogP contribution in [0.2, 0.25) is 0 Å². The number of nitrogens with one attached hydrogen (secondary N) is 1. The van der Waals surface area contributed by atoms with Gasteiger partial charge in [-0.15, -0.1) is 11.3 Å². The molecular formula is C24H23N5OS. The Kier molecular flexibility index (Phi) is 6.85. The Labute approximate surface area is 185 Å². The first-order valence-corrected chi connectivity index (χ1v) is 10.8. The third-order valence-corrected chi connectivity index (χ3v) is 5.64. The molecule has 0 aliphatic carbocycles. The maximum atomic E-state index is 6.39. The van der Waals surface area contributed by atoms with E-state index in [4.69, 9.17) is 20.4 Å². The summed E-state index contributed by atoms with van der Waals surface area (Å²) in [5.41, 5.74) is 10.2. The molecule has 0 amide bonds. The van der Waals surface area contributed by atoms with Crippen LogP contribution in [0.5, 0.6) is 0 Å². The maximum absolute atomic E-state index is 6.39. The van der Waals surface area contributed by atoms with Crippen LogP contribution in [0.4, 0.5) is 5.82 Å². The minimum atomic E-state index is -0.0438. The Morgan fingerprint density at radius 3 is 2.71 bits per heavy atom. The molecule has 0 spiro atoms. The van der Waals surface area contributed by atoms with Crippen LogP contribution in [0.25, 0.3) is 21.6 Å². The zero-order chi connectivity index (χ0) is 21.5. The largest absolute Gasteiger partial charge is 0.372 e. The third kappa shape index (κ3) is 5.25. The van der Waals surface area contributed by atoms with E-state index in [-0.39, 0.29) is 6.04 Å². The van der Waals surface area contributed by atoms with Crippen LogP contribution in [-0.4, -0.2) is 41.3 Å². The van der Waals surface area contributed by atoms with Gasteiger partial charge < -0.3 is 15.8 Å². The van der Waals surface area contributed by atoms with Gasteiger partial charge in [0.25, 0.3) is 0 Å². The Bertz CT molecular complexity index is 1200. The molecule has 1 aromatic carbocycles. The average molecular weight is 430 g/mol. The van der Waals surface area contributed by atoms with Crippen molar-refractivity contribution in [3.8, 4) is 23.2 Å². The van der Waals surface area contributed by atoms with Crippen molar-refractivity contribution < 1.29 is 4.74 Å². The van der Waals surface area contributed by atoms with E-state index in [2.05, 4.69) is 34.3 Å².